The SMILES string of the molecule is CCCCCCCCCCCCCCCCCCCCCCCC/C=C/CC/C=C/C(O)C(COC1OC(CO)C(OC2OC(CO)C(O)C(O)C2O)C(O)C1O)NC(=O)CCCCCC. The monoisotopic (exact) mass is 944 g/mol. The highest BCUT2D eigenvalue weighted by Gasteiger charge is 2.51. The first-order valence-electron chi connectivity index (χ1n) is 26.6. The number of amides is 1. The van der Waals surface area contributed by atoms with E-state index in [1.165, 1.54) is 141 Å². The quantitative estimate of drug-likeness (QED) is 0.0216. The Morgan fingerprint density at radius 1 is 0.530 bits per heavy atom. The van der Waals surface area contributed by atoms with E-state index in [0.717, 1.165) is 32.1 Å². The smallest absolute Gasteiger partial charge is 0.220 e. The molecule has 0 aromatic carbocycles. The molecule has 12 atom stereocenters. The summed E-state index contributed by atoms with van der Waals surface area (Å²) in [7, 11) is 0. The van der Waals surface area contributed by atoms with E-state index in [0.29, 0.717) is 12.8 Å². The molecule has 14 heteroatoms. The van der Waals surface area contributed by atoms with Crippen molar-refractivity contribution in [3.63, 3.8) is 0 Å². The third-order valence-electron chi connectivity index (χ3n) is 13.1. The molecule has 2 fully saturated rings. The summed E-state index contributed by atoms with van der Waals surface area (Å²) in [6.07, 6.45) is 27.6. The summed E-state index contributed by atoms with van der Waals surface area (Å²) in [4.78, 5) is 12.9. The van der Waals surface area contributed by atoms with E-state index in [-0.39, 0.29) is 18.9 Å². The van der Waals surface area contributed by atoms with Gasteiger partial charge in [-0.05, 0) is 32.1 Å². The molecule has 0 spiro atoms. The molecular formula is C52H97NO13. The lowest BCUT2D eigenvalue weighted by Gasteiger charge is -2.46. The van der Waals surface area contributed by atoms with Crippen LogP contribution in [0.25, 0.3) is 0 Å². The second-order valence-corrected chi connectivity index (χ2v) is 19.0. The fourth-order valence-electron chi connectivity index (χ4n) is 8.78. The van der Waals surface area contributed by atoms with Gasteiger partial charge in [-0.3, -0.25) is 4.79 Å². The highest BCUT2D eigenvalue weighted by molar-refractivity contribution is 5.76. The van der Waals surface area contributed by atoms with Crippen LogP contribution in [0, 0.1) is 0 Å². The maximum absolute atomic E-state index is 12.9. The molecule has 2 rings (SSSR count). The molecule has 2 heterocycles. The molecule has 66 heavy (non-hydrogen) atoms. The van der Waals surface area contributed by atoms with E-state index in [1.54, 1.807) is 6.08 Å². The van der Waals surface area contributed by atoms with Crippen molar-refractivity contribution in [3.05, 3.63) is 24.3 Å². The van der Waals surface area contributed by atoms with E-state index in [2.05, 4.69) is 31.3 Å². The fourth-order valence-corrected chi connectivity index (χ4v) is 8.78. The van der Waals surface area contributed by atoms with Gasteiger partial charge in [0.25, 0.3) is 0 Å². The van der Waals surface area contributed by atoms with Crippen LogP contribution in [0.3, 0.4) is 0 Å². The normalized spacial score (nSPS) is 26.9. The number of carbonyl (C=O) groups excluding carboxylic acids is 1. The van der Waals surface area contributed by atoms with Crippen LogP contribution >= 0.6 is 0 Å². The third kappa shape index (κ3) is 25.9. The lowest BCUT2D eigenvalue weighted by molar-refractivity contribution is -0.359. The summed E-state index contributed by atoms with van der Waals surface area (Å²) in [6.45, 7) is 2.63. The summed E-state index contributed by atoms with van der Waals surface area (Å²) in [5.41, 5.74) is 0. The van der Waals surface area contributed by atoms with Crippen LogP contribution in [0.2, 0.25) is 0 Å². The van der Waals surface area contributed by atoms with Crippen LogP contribution in [-0.4, -0.2) is 140 Å². The van der Waals surface area contributed by atoms with Gasteiger partial charge in [-0.25, -0.2) is 0 Å². The Kier molecular flexibility index (Phi) is 36.0. The minimum Gasteiger partial charge on any atom is -0.394 e. The second-order valence-electron chi connectivity index (χ2n) is 19.0. The first-order valence-corrected chi connectivity index (χ1v) is 26.6. The van der Waals surface area contributed by atoms with E-state index in [9.17, 15) is 45.6 Å². The average molecular weight is 944 g/mol. The number of aliphatic hydroxyl groups is 8. The topological polar surface area (TPSA) is 228 Å². The van der Waals surface area contributed by atoms with Crippen molar-refractivity contribution in [2.45, 2.75) is 280 Å². The minimum atomic E-state index is -1.79. The lowest BCUT2D eigenvalue weighted by atomic mass is 9.97. The number of allylic oxidation sites excluding steroid dienone is 3. The Labute approximate surface area is 398 Å². The van der Waals surface area contributed by atoms with Crippen LogP contribution in [0.15, 0.2) is 24.3 Å². The van der Waals surface area contributed by atoms with Gasteiger partial charge in [0.2, 0.25) is 5.91 Å². The van der Waals surface area contributed by atoms with Crippen molar-refractivity contribution >= 4 is 5.91 Å². The van der Waals surface area contributed by atoms with Crippen molar-refractivity contribution < 1.29 is 64.6 Å². The number of hydrogen-bond donors (Lipinski definition) is 9. The van der Waals surface area contributed by atoms with Crippen molar-refractivity contribution in [1.29, 1.82) is 0 Å². The number of aliphatic hydroxyl groups excluding tert-OH is 8. The number of rotatable bonds is 41. The predicted molar refractivity (Wildman–Crippen MR) is 258 cm³/mol. The zero-order valence-corrected chi connectivity index (χ0v) is 41.2. The van der Waals surface area contributed by atoms with Gasteiger partial charge in [0, 0.05) is 6.42 Å². The van der Waals surface area contributed by atoms with Crippen LogP contribution in [0.5, 0.6) is 0 Å². The van der Waals surface area contributed by atoms with Gasteiger partial charge >= 0.3 is 0 Å². The molecule has 14 nitrogen and oxygen atoms in total. The Hall–Kier alpha value is -1.53. The van der Waals surface area contributed by atoms with E-state index in [4.69, 9.17) is 18.9 Å². The van der Waals surface area contributed by atoms with Crippen molar-refractivity contribution in [2.24, 2.45) is 0 Å². The summed E-state index contributed by atoms with van der Waals surface area (Å²) >= 11 is 0. The van der Waals surface area contributed by atoms with Gasteiger partial charge in [-0.15, -0.1) is 0 Å². The van der Waals surface area contributed by atoms with Gasteiger partial charge in [0.05, 0.1) is 32.0 Å². The Morgan fingerprint density at radius 3 is 1.48 bits per heavy atom. The molecule has 1 amide bonds. The average Bonchev–Trinajstić information content (AvgIpc) is 3.31. The largest absolute Gasteiger partial charge is 0.394 e. The fraction of sp³-hybridized carbons (Fsp3) is 0.904. The number of nitrogens with one attached hydrogen (secondary N) is 1. The standard InChI is InChI=1S/C52H97NO13/c1-3-5-7-9-10-11-12-13-14-15-16-17-18-19-20-21-22-23-24-25-26-27-28-29-30-31-32-33-35-41(56)40(53-44(57)36-34-8-6-4-2)39-63-51-49(62)47(60)50(43(38-55)65-51)66-52-48(61)46(59)45(58)42(37-54)64-52/h29-30,33,35,40-43,45-52,54-56,58-62H,3-28,31-32,34,36-39H2,1-2H3,(H,53,57)/b30-29+,35-33+. The lowest BCUT2D eigenvalue weighted by Crippen LogP contribution is -2.65. The molecule has 0 aliphatic carbocycles. The van der Waals surface area contributed by atoms with Gasteiger partial charge in [0.15, 0.2) is 12.6 Å². The minimum absolute atomic E-state index is 0.266. The van der Waals surface area contributed by atoms with Crippen molar-refractivity contribution in [2.75, 3.05) is 19.8 Å². The number of hydrogen-bond acceptors (Lipinski definition) is 13. The number of unbranched alkanes of at least 4 members (excludes halogenated alkanes) is 26. The summed E-state index contributed by atoms with van der Waals surface area (Å²) < 4.78 is 22.5. The van der Waals surface area contributed by atoms with Crippen molar-refractivity contribution in [3.8, 4) is 0 Å². The molecule has 0 bridgehead atoms. The Morgan fingerprint density at radius 2 is 0.970 bits per heavy atom. The molecule has 2 aliphatic heterocycles. The van der Waals surface area contributed by atoms with E-state index in [1.807, 2.05) is 6.08 Å². The van der Waals surface area contributed by atoms with Crippen LogP contribution < -0.4 is 5.32 Å². The van der Waals surface area contributed by atoms with Gasteiger partial charge in [-0.1, -0.05) is 192 Å². The van der Waals surface area contributed by atoms with Crippen LogP contribution in [0.4, 0.5) is 0 Å². The zero-order chi connectivity index (χ0) is 48.2. The predicted octanol–water partition coefficient (Wildman–Crippen LogP) is 7.33. The molecule has 0 saturated carbocycles. The van der Waals surface area contributed by atoms with Crippen molar-refractivity contribution in [1.82, 2.24) is 5.32 Å². The molecule has 9 N–H and O–H groups in total. The summed E-state index contributed by atoms with van der Waals surface area (Å²) in [5.74, 6) is -0.267. The number of carbonyl (C=O) groups is 1. The highest BCUT2D eigenvalue weighted by atomic mass is 16.7. The van der Waals surface area contributed by atoms with Gasteiger partial charge in [-0.2, -0.15) is 0 Å². The summed E-state index contributed by atoms with van der Waals surface area (Å²) in [6, 6.07) is -0.923. The molecule has 0 aromatic heterocycles. The molecule has 2 aliphatic rings. The molecule has 0 radical (unpaired) electrons. The summed E-state index contributed by atoms with van der Waals surface area (Å²) in [5, 5.41) is 86.2. The second kappa shape index (κ2) is 39.2. The van der Waals surface area contributed by atoms with E-state index >= 15 is 0 Å². The highest BCUT2D eigenvalue weighted by Crippen LogP contribution is 2.30. The maximum Gasteiger partial charge on any atom is 0.220 e. The molecule has 0 aromatic rings. The van der Waals surface area contributed by atoms with Crippen LogP contribution in [-0.2, 0) is 23.7 Å². The number of ether oxygens (including phenoxy) is 4. The Balaban J connectivity index is 1.65. The third-order valence-corrected chi connectivity index (χ3v) is 13.1. The van der Waals surface area contributed by atoms with Crippen LogP contribution in [0.1, 0.15) is 206 Å². The Bertz CT molecular complexity index is 1210. The first kappa shape index (κ1) is 60.6. The van der Waals surface area contributed by atoms with Gasteiger partial charge in [0.1, 0.15) is 48.8 Å². The van der Waals surface area contributed by atoms with Gasteiger partial charge < -0.3 is 65.1 Å². The molecule has 388 valence electrons. The zero-order valence-electron chi connectivity index (χ0n) is 41.2. The maximum atomic E-state index is 12.9. The first-order chi connectivity index (χ1) is 32.1. The molecular weight excluding hydrogens is 847 g/mol. The van der Waals surface area contributed by atoms with E-state index < -0.39 is 86.8 Å². The molecule has 12 unspecified atom stereocenters. The molecule has 2 saturated heterocycles.